The highest BCUT2D eigenvalue weighted by Gasteiger charge is 2.33. The van der Waals surface area contributed by atoms with Gasteiger partial charge in [-0.1, -0.05) is 0 Å². The summed E-state index contributed by atoms with van der Waals surface area (Å²) in [6, 6.07) is 0.346. The van der Waals surface area contributed by atoms with E-state index in [1.165, 1.54) is 0 Å². The second kappa shape index (κ2) is 7.22. The first-order valence-corrected chi connectivity index (χ1v) is 7.47. The largest absolute Gasteiger partial charge is 0.375 e. The van der Waals surface area contributed by atoms with Crippen molar-refractivity contribution >= 4 is 5.91 Å². The lowest BCUT2D eigenvalue weighted by Gasteiger charge is -2.40. The summed E-state index contributed by atoms with van der Waals surface area (Å²) >= 11 is 0. The minimum Gasteiger partial charge on any atom is -0.375 e. The number of ether oxygens (including phenoxy) is 1. The Bertz CT molecular complexity index is 284. The van der Waals surface area contributed by atoms with Crippen molar-refractivity contribution in [3.8, 4) is 0 Å². The third kappa shape index (κ3) is 4.75. The number of hydrogen-bond donors (Lipinski definition) is 2. The van der Waals surface area contributed by atoms with Crippen molar-refractivity contribution in [1.82, 2.24) is 15.5 Å². The van der Waals surface area contributed by atoms with Crippen molar-refractivity contribution in [3.05, 3.63) is 0 Å². The number of hydrogen-bond acceptors (Lipinski definition) is 4. The summed E-state index contributed by atoms with van der Waals surface area (Å²) < 4.78 is 6.10. The van der Waals surface area contributed by atoms with Gasteiger partial charge in [-0.05, 0) is 32.7 Å². The van der Waals surface area contributed by atoms with Crippen LogP contribution in [0.15, 0.2) is 0 Å². The summed E-state index contributed by atoms with van der Waals surface area (Å²) in [5.41, 5.74) is 0. The third-order valence-electron chi connectivity index (χ3n) is 4.10. The second-order valence-corrected chi connectivity index (χ2v) is 5.77. The van der Waals surface area contributed by atoms with Crippen molar-refractivity contribution in [1.29, 1.82) is 0 Å². The number of nitrogens with one attached hydrogen (secondary N) is 2. The fourth-order valence-electron chi connectivity index (χ4n) is 2.89. The molecule has 1 aliphatic heterocycles. The van der Waals surface area contributed by atoms with E-state index in [4.69, 9.17) is 4.74 Å². The summed E-state index contributed by atoms with van der Waals surface area (Å²) in [5, 5.41) is 6.13. The molecule has 0 radical (unpaired) electrons. The van der Waals surface area contributed by atoms with Crippen LogP contribution in [0.3, 0.4) is 0 Å². The van der Waals surface area contributed by atoms with Crippen molar-refractivity contribution in [3.63, 3.8) is 0 Å². The summed E-state index contributed by atoms with van der Waals surface area (Å²) in [6.45, 7) is 6.07. The molecule has 0 aromatic carbocycles. The van der Waals surface area contributed by atoms with Crippen LogP contribution in [0.5, 0.6) is 0 Å². The maximum absolute atomic E-state index is 10.9. The summed E-state index contributed by atoms with van der Waals surface area (Å²) in [7, 11) is 2.00. The molecule has 19 heavy (non-hydrogen) atoms. The number of carbonyl (C=O) groups excluding carboxylic acids is 1. The first-order chi connectivity index (χ1) is 9.17. The molecule has 0 atom stereocenters. The molecule has 2 fully saturated rings. The average molecular weight is 269 g/mol. The molecule has 110 valence electrons. The van der Waals surface area contributed by atoms with Gasteiger partial charge in [0, 0.05) is 39.1 Å². The number of nitrogens with zero attached hydrogens (tertiary/aromatic N) is 1. The monoisotopic (exact) mass is 269 g/mol. The lowest BCUT2D eigenvalue weighted by Crippen LogP contribution is -2.49. The Morgan fingerprint density at radius 2 is 1.95 bits per heavy atom. The SMILES string of the molecule is CNCCN1CCC(O[C@H]2C[C@H](NC(C)=O)C2)CC1. The maximum atomic E-state index is 10.9. The standard InChI is InChI=1S/C14H27N3O2/c1-11(18)16-12-9-14(10-12)19-13-3-6-17(7-4-13)8-5-15-2/h12-15H,3-10H2,1-2H3,(H,16,18)/t12-,14-. The van der Waals surface area contributed by atoms with E-state index in [1.54, 1.807) is 6.92 Å². The van der Waals surface area contributed by atoms with E-state index in [9.17, 15) is 4.79 Å². The van der Waals surface area contributed by atoms with Gasteiger partial charge in [0.15, 0.2) is 0 Å². The molecule has 1 heterocycles. The van der Waals surface area contributed by atoms with Gasteiger partial charge in [-0.3, -0.25) is 4.79 Å². The first-order valence-electron chi connectivity index (χ1n) is 7.47. The van der Waals surface area contributed by atoms with Crippen LogP contribution in [0.4, 0.5) is 0 Å². The normalized spacial score (nSPS) is 28.9. The minimum atomic E-state index is 0.0706. The van der Waals surface area contributed by atoms with Crippen molar-refractivity contribution in [2.75, 3.05) is 33.2 Å². The molecule has 0 unspecified atom stereocenters. The number of likely N-dealkylation sites (N-methyl/N-ethyl adjacent to an activating group) is 1. The number of rotatable bonds is 6. The lowest BCUT2D eigenvalue weighted by atomic mass is 9.88. The first kappa shape index (κ1) is 14.8. The van der Waals surface area contributed by atoms with E-state index in [1.807, 2.05) is 7.05 Å². The highest BCUT2D eigenvalue weighted by Crippen LogP contribution is 2.27. The van der Waals surface area contributed by atoms with Gasteiger partial charge in [-0.2, -0.15) is 0 Å². The van der Waals surface area contributed by atoms with Crippen LogP contribution >= 0.6 is 0 Å². The van der Waals surface area contributed by atoms with Gasteiger partial charge < -0.3 is 20.3 Å². The van der Waals surface area contributed by atoms with Crippen LogP contribution in [-0.4, -0.2) is 62.3 Å². The Morgan fingerprint density at radius 3 is 2.53 bits per heavy atom. The molecule has 0 spiro atoms. The predicted octanol–water partition coefficient (Wildman–Crippen LogP) is 0.354. The zero-order valence-electron chi connectivity index (χ0n) is 12.2. The summed E-state index contributed by atoms with van der Waals surface area (Å²) in [6.07, 6.45) is 5.05. The van der Waals surface area contributed by atoms with Gasteiger partial charge in [0.25, 0.3) is 0 Å². The number of carbonyl (C=O) groups is 1. The highest BCUT2D eigenvalue weighted by molar-refractivity contribution is 5.73. The highest BCUT2D eigenvalue weighted by atomic mass is 16.5. The fourth-order valence-corrected chi connectivity index (χ4v) is 2.89. The zero-order valence-corrected chi connectivity index (χ0v) is 12.2. The van der Waals surface area contributed by atoms with Crippen LogP contribution in [0.25, 0.3) is 0 Å². The molecule has 1 amide bonds. The Balaban J connectivity index is 1.56. The van der Waals surface area contributed by atoms with E-state index in [-0.39, 0.29) is 5.91 Å². The molecule has 0 aromatic heterocycles. The van der Waals surface area contributed by atoms with Gasteiger partial charge in [-0.15, -0.1) is 0 Å². The topological polar surface area (TPSA) is 53.6 Å². The lowest BCUT2D eigenvalue weighted by molar-refractivity contribution is -0.123. The Labute approximate surface area is 116 Å². The van der Waals surface area contributed by atoms with Crippen LogP contribution in [0.1, 0.15) is 32.6 Å². The minimum absolute atomic E-state index is 0.0706. The molecule has 1 saturated carbocycles. The number of likely N-dealkylation sites (tertiary alicyclic amines) is 1. The van der Waals surface area contributed by atoms with Crippen molar-refractivity contribution in [2.45, 2.75) is 50.9 Å². The molecule has 5 nitrogen and oxygen atoms in total. The van der Waals surface area contributed by atoms with Crippen molar-refractivity contribution < 1.29 is 9.53 Å². The molecular weight excluding hydrogens is 242 g/mol. The van der Waals surface area contributed by atoms with E-state index >= 15 is 0 Å². The van der Waals surface area contributed by atoms with Crippen LogP contribution in [-0.2, 0) is 9.53 Å². The van der Waals surface area contributed by atoms with Gasteiger partial charge >= 0.3 is 0 Å². The maximum Gasteiger partial charge on any atom is 0.217 e. The fraction of sp³-hybridized carbons (Fsp3) is 0.929. The molecule has 0 bridgehead atoms. The van der Waals surface area contributed by atoms with Gasteiger partial charge in [0.1, 0.15) is 0 Å². The van der Waals surface area contributed by atoms with Crippen LogP contribution in [0, 0.1) is 0 Å². The van der Waals surface area contributed by atoms with Crippen LogP contribution in [0.2, 0.25) is 0 Å². The van der Waals surface area contributed by atoms with E-state index in [0.29, 0.717) is 18.2 Å². The quantitative estimate of drug-likeness (QED) is 0.731. The molecule has 1 aliphatic carbocycles. The molecular formula is C14H27N3O2. The third-order valence-corrected chi connectivity index (χ3v) is 4.10. The summed E-state index contributed by atoms with van der Waals surface area (Å²) in [5.74, 6) is 0.0706. The van der Waals surface area contributed by atoms with E-state index in [2.05, 4.69) is 15.5 Å². The van der Waals surface area contributed by atoms with Gasteiger partial charge in [-0.25, -0.2) is 0 Å². The second-order valence-electron chi connectivity index (χ2n) is 5.77. The molecule has 5 heteroatoms. The van der Waals surface area contributed by atoms with E-state index < -0.39 is 0 Å². The Morgan fingerprint density at radius 1 is 1.26 bits per heavy atom. The average Bonchev–Trinajstić information content (AvgIpc) is 2.35. The van der Waals surface area contributed by atoms with Crippen LogP contribution < -0.4 is 10.6 Å². The van der Waals surface area contributed by atoms with Gasteiger partial charge in [0.2, 0.25) is 5.91 Å². The number of piperidine rings is 1. The Kier molecular flexibility index (Phi) is 5.60. The molecule has 2 rings (SSSR count). The smallest absolute Gasteiger partial charge is 0.217 e. The Hall–Kier alpha value is -0.650. The molecule has 0 aromatic rings. The molecule has 2 N–H and O–H groups in total. The van der Waals surface area contributed by atoms with Gasteiger partial charge in [0.05, 0.1) is 12.2 Å². The summed E-state index contributed by atoms with van der Waals surface area (Å²) in [4.78, 5) is 13.4. The van der Waals surface area contributed by atoms with Crippen molar-refractivity contribution in [2.24, 2.45) is 0 Å². The number of amides is 1. The predicted molar refractivity (Wildman–Crippen MR) is 75.1 cm³/mol. The zero-order chi connectivity index (χ0) is 13.7. The van der Waals surface area contributed by atoms with E-state index in [0.717, 1.165) is 51.9 Å². The molecule has 2 aliphatic rings. The molecule has 1 saturated heterocycles.